The summed E-state index contributed by atoms with van der Waals surface area (Å²) in [6, 6.07) is 4.90. The van der Waals surface area contributed by atoms with Crippen LogP contribution in [0, 0.1) is 0 Å². The molecule has 2 atom stereocenters. The van der Waals surface area contributed by atoms with Crippen LogP contribution < -0.4 is 5.32 Å². The number of ether oxygens (including phenoxy) is 1. The van der Waals surface area contributed by atoms with E-state index in [1.54, 1.807) is 7.11 Å². The predicted octanol–water partition coefficient (Wildman–Crippen LogP) is 2.46. The van der Waals surface area contributed by atoms with Gasteiger partial charge < -0.3 is 15.0 Å². The van der Waals surface area contributed by atoms with Crippen molar-refractivity contribution >= 4 is 18.3 Å². The number of carbonyl (C=O) groups is 1. The Morgan fingerprint density at radius 2 is 2.04 bits per heavy atom. The first kappa shape index (κ1) is 19.7. The SMILES string of the molecule is CO[C@@H]1CN[C@H](C(=O)N(C)Cc2ccccc2C(F)(F)F)C1.Cl. The third-order valence-corrected chi connectivity index (χ3v) is 3.83. The largest absolute Gasteiger partial charge is 0.416 e. The molecule has 1 aliphatic rings. The molecule has 1 heterocycles. The number of nitrogens with zero attached hydrogens (tertiary/aromatic N) is 1. The van der Waals surface area contributed by atoms with E-state index in [-0.39, 0.29) is 36.5 Å². The van der Waals surface area contributed by atoms with Crippen LogP contribution in [0.15, 0.2) is 24.3 Å². The summed E-state index contributed by atoms with van der Waals surface area (Å²) >= 11 is 0. The Labute approximate surface area is 139 Å². The molecule has 1 aromatic rings. The van der Waals surface area contributed by atoms with E-state index in [0.29, 0.717) is 13.0 Å². The van der Waals surface area contributed by atoms with E-state index >= 15 is 0 Å². The molecular formula is C15H20ClF3N2O2. The lowest BCUT2D eigenvalue weighted by Gasteiger charge is -2.23. The van der Waals surface area contributed by atoms with Crippen LogP contribution in [0.4, 0.5) is 13.2 Å². The summed E-state index contributed by atoms with van der Waals surface area (Å²) in [5.41, 5.74) is -0.615. The van der Waals surface area contributed by atoms with Crippen molar-refractivity contribution in [3.63, 3.8) is 0 Å². The molecule has 0 unspecified atom stereocenters. The Hall–Kier alpha value is -1.31. The highest BCUT2D eigenvalue weighted by molar-refractivity contribution is 5.85. The first-order chi connectivity index (χ1) is 10.3. The van der Waals surface area contributed by atoms with Gasteiger partial charge in [0.15, 0.2) is 0 Å². The number of hydrogen-bond donors (Lipinski definition) is 1. The van der Waals surface area contributed by atoms with E-state index in [9.17, 15) is 18.0 Å². The minimum Gasteiger partial charge on any atom is -0.380 e. The van der Waals surface area contributed by atoms with Crippen LogP contribution in [-0.4, -0.2) is 43.7 Å². The van der Waals surface area contributed by atoms with E-state index in [1.807, 2.05) is 0 Å². The summed E-state index contributed by atoms with van der Waals surface area (Å²) < 4.78 is 44.1. The molecule has 0 radical (unpaired) electrons. The number of benzene rings is 1. The molecular weight excluding hydrogens is 333 g/mol. The van der Waals surface area contributed by atoms with Gasteiger partial charge in [0.2, 0.25) is 5.91 Å². The molecule has 1 aromatic carbocycles. The van der Waals surface area contributed by atoms with Crippen molar-refractivity contribution in [1.82, 2.24) is 10.2 Å². The number of hydrogen-bond acceptors (Lipinski definition) is 3. The summed E-state index contributed by atoms with van der Waals surface area (Å²) in [6.45, 7) is 0.490. The zero-order valence-electron chi connectivity index (χ0n) is 12.9. The van der Waals surface area contributed by atoms with Crippen LogP contribution in [0.5, 0.6) is 0 Å². The van der Waals surface area contributed by atoms with Crippen molar-refractivity contribution in [2.75, 3.05) is 20.7 Å². The highest BCUT2D eigenvalue weighted by Crippen LogP contribution is 2.32. The molecule has 0 spiro atoms. The molecule has 4 nitrogen and oxygen atoms in total. The minimum absolute atomic E-state index is 0. The van der Waals surface area contributed by atoms with Crippen molar-refractivity contribution in [3.05, 3.63) is 35.4 Å². The van der Waals surface area contributed by atoms with Crippen LogP contribution in [0.25, 0.3) is 0 Å². The van der Waals surface area contributed by atoms with Gasteiger partial charge in [0.25, 0.3) is 0 Å². The molecule has 1 aliphatic heterocycles. The van der Waals surface area contributed by atoms with Gasteiger partial charge in [0.1, 0.15) is 0 Å². The molecule has 0 aliphatic carbocycles. The topological polar surface area (TPSA) is 41.6 Å². The van der Waals surface area contributed by atoms with E-state index in [2.05, 4.69) is 5.32 Å². The van der Waals surface area contributed by atoms with Gasteiger partial charge in [0.05, 0.1) is 17.7 Å². The van der Waals surface area contributed by atoms with Crippen LogP contribution in [0.3, 0.4) is 0 Å². The third kappa shape index (κ3) is 4.83. The number of alkyl halides is 3. The van der Waals surface area contributed by atoms with E-state index in [1.165, 1.54) is 30.1 Å². The molecule has 1 N–H and O–H groups in total. The number of rotatable bonds is 4. The Morgan fingerprint density at radius 3 is 2.61 bits per heavy atom. The van der Waals surface area contributed by atoms with Gasteiger partial charge in [-0.3, -0.25) is 4.79 Å². The zero-order chi connectivity index (χ0) is 16.3. The second-order valence-electron chi connectivity index (χ2n) is 5.40. The number of amides is 1. The molecule has 130 valence electrons. The minimum atomic E-state index is -4.42. The Kier molecular flexibility index (Phi) is 6.85. The summed E-state index contributed by atoms with van der Waals surface area (Å²) in [7, 11) is 3.08. The van der Waals surface area contributed by atoms with Gasteiger partial charge in [0, 0.05) is 27.2 Å². The maximum Gasteiger partial charge on any atom is 0.416 e. The van der Waals surface area contributed by atoms with Gasteiger partial charge in [-0.2, -0.15) is 13.2 Å². The molecule has 0 bridgehead atoms. The second kappa shape index (κ2) is 7.99. The van der Waals surface area contributed by atoms with E-state index in [4.69, 9.17) is 4.74 Å². The smallest absolute Gasteiger partial charge is 0.380 e. The van der Waals surface area contributed by atoms with Gasteiger partial charge in [-0.15, -0.1) is 12.4 Å². The molecule has 2 rings (SSSR count). The van der Waals surface area contributed by atoms with Crippen LogP contribution in [0.1, 0.15) is 17.5 Å². The van der Waals surface area contributed by atoms with E-state index in [0.717, 1.165) is 6.07 Å². The molecule has 0 saturated carbocycles. The van der Waals surface area contributed by atoms with Gasteiger partial charge >= 0.3 is 6.18 Å². The van der Waals surface area contributed by atoms with Crippen LogP contribution >= 0.6 is 12.4 Å². The lowest BCUT2D eigenvalue weighted by Crippen LogP contribution is -2.41. The van der Waals surface area contributed by atoms with E-state index < -0.39 is 17.8 Å². The molecule has 1 saturated heterocycles. The molecule has 8 heteroatoms. The lowest BCUT2D eigenvalue weighted by atomic mass is 10.1. The summed E-state index contributed by atoms with van der Waals surface area (Å²) in [5.74, 6) is -0.225. The number of likely N-dealkylation sites (N-methyl/N-ethyl adjacent to an activating group) is 1. The molecule has 1 amide bonds. The van der Waals surface area contributed by atoms with Gasteiger partial charge in [-0.25, -0.2) is 0 Å². The van der Waals surface area contributed by atoms with Crippen molar-refractivity contribution < 1.29 is 22.7 Å². The van der Waals surface area contributed by atoms with Crippen molar-refractivity contribution in [2.45, 2.75) is 31.3 Å². The highest BCUT2D eigenvalue weighted by atomic mass is 35.5. The Bertz CT molecular complexity index is 540. The fraction of sp³-hybridized carbons (Fsp3) is 0.533. The van der Waals surface area contributed by atoms with Gasteiger partial charge in [-0.1, -0.05) is 18.2 Å². The number of halogens is 4. The average Bonchev–Trinajstić information content (AvgIpc) is 2.94. The second-order valence-corrected chi connectivity index (χ2v) is 5.40. The maximum atomic E-state index is 13.0. The normalized spacial score (nSPS) is 20.9. The first-order valence-corrected chi connectivity index (χ1v) is 6.99. The number of nitrogens with one attached hydrogen (secondary N) is 1. The summed E-state index contributed by atoms with van der Waals surface area (Å²) in [6.07, 6.45) is -3.93. The third-order valence-electron chi connectivity index (χ3n) is 3.83. The monoisotopic (exact) mass is 352 g/mol. The van der Waals surface area contributed by atoms with Crippen molar-refractivity contribution in [3.8, 4) is 0 Å². The van der Waals surface area contributed by atoms with Crippen LogP contribution in [0.2, 0.25) is 0 Å². The molecule has 23 heavy (non-hydrogen) atoms. The maximum absolute atomic E-state index is 13.0. The predicted molar refractivity (Wildman–Crippen MR) is 82.4 cm³/mol. The standard InChI is InChI=1S/C15H19F3N2O2.ClH/c1-20(14(21)13-7-11(22-2)8-19-13)9-10-5-3-4-6-12(10)15(16,17)18;/h3-6,11,13,19H,7-9H2,1-2H3;1H/t11-,13-;/m0./s1. The summed E-state index contributed by atoms with van der Waals surface area (Å²) in [4.78, 5) is 13.6. The quantitative estimate of drug-likeness (QED) is 0.905. The zero-order valence-corrected chi connectivity index (χ0v) is 13.7. The molecule has 1 fully saturated rings. The fourth-order valence-corrected chi connectivity index (χ4v) is 2.61. The van der Waals surface area contributed by atoms with Crippen LogP contribution in [-0.2, 0) is 22.3 Å². The fourth-order valence-electron chi connectivity index (χ4n) is 2.61. The first-order valence-electron chi connectivity index (χ1n) is 6.99. The van der Waals surface area contributed by atoms with Gasteiger partial charge in [-0.05, 0) is 18.1 Å². The lowest BCUT2D eigenvalue weighted by molar-refractivity contribution is -0.139. The molecule has 0 aromatic heterocycles. The Morgan fingerprint density at radius 1 is 1.39 bits per heavy atom. The average molecular weight is 353 g/mol. The number of methoxy groups -OCH3 is 1. The highest BCUT2D eigenvalue weighted by Gasteiger charge is 2.35. The van der Waals surface area contributed by atoms with Crippen molar-refractivity contribution in [1.29, 1.82) is 0 Å². The number of carbonyl (C=O) groups excluding carboxylic acids is 1. The Balaban J connectivity index is 0.00000264. The van der Waals surface area contributed by atoms with Crippen molar-refractivity contribution in [2.24, 2.45) is 0 Å². The summed E-state index contributed by atoms with van der Waals surface area (Å²) in [5, 5.41) is 3.03.